The molecule has 3 nitrogen and oxygen atoms in total. The summed E-state index contributed by atoms with van der Waals surface area (Å²) in [4.78, 5) is 3.05. The minimum absolute atomic E-state index is 0.983. The lowest BCUT2D eigenvalue weighted by Gasteiger charge is -2.03. The topological polar surface area (TPSA) is 40.2 Å². The summed E-state index contributed by atoms with van der Waals surface area (Å²) in [5.41, 5.74) is 7.54. The van der Waals surface area contributed by atoms with E-state index in [0.717, 1.165) is 11.4 Å². The molecule has 0 aliphatic heterocycles. The van der Waals surface area contributed by atoms with Gasteiger partial charge >= 0.3 is 0 Å². The van der Waals surface area contributed by atoms with E-state index >= 15 is 0 Å². The third kappa shape index (κ3) is 2.51. The summed E-state index contributed by atoms with van der Waals surface area (Å²) in [7, 11) is 0. The van der Waals surface area contributed by atoms with Gasteiger partial charge in [-0.05, 0) is 49.2 Å². The van der Waals surface area contributed by atoms with Crippen LogP contribution in [0.5, 0.6) is 0 Å². The van der Waals surface area contributed by atoms with Crippen LogP contribution in [0.4, 0.5) is 5.69 Å². The predicted molar refractivity (Wildman–Crippen MR) is 67.9 cm³/mol. The third-order valence-electron chi connectivity index (χ3n) is 2.53. The van der Waals surface area contributed by atoms with Crippen LogP contribution in [0, 0.1) is 13.8 Å². The fourth-order valence-corrected chi connectivity index (χ4v) is 1.41. The number of nitrogens with one attached hydrogen (secondary N) is 2. The van der Waals surface area contributed by atoms with Crippen molar-refractivity contribution in [1.29, 1.82) is 0 Å². The Morgan fingerprint density at radius 3 is 2.75 bits per heavy atom. The van der Waals surface area contributed by atoms with E-state index in [4.69, 9.17) is 0 Å². The summed E-state index contributed by atoms with van der Waals surface area (Å²) in [5.74, 6) is 0. The van der Waals surface area contributed by atoms with E-state index in [1.165, 1.54) is 11.1 Å². The highest BCUT2D eigenvalue weighted by Crippen LogP contribution is 2.13. The summed E-state index contributed by atoms with van der Waals surface area (Å²) in [6, 6.07) is 10.1. The van der Waals surface area contributed by atoms with Crippen molar-refractivity contribution in [1.82, 2.24) is 4.98 Å². The maximum absolute atomic E-state index is 4.15. The molecule has 0 atom stereocenters. The predicted octanol–water partition coefficient (Wildman–Crippen LogP) is 3.08. The first kappa shape index (κ1) is 10.5. The van der Waals surface area contributed by atoms with Crippen molar-refractivity contribution in [2.45, 2.75) is 13.8 Å². The lowest BCUT2D eigenvalue weighted by atomic mass is 10.1. The summed E-state index contributed by atoms with van der Waals surface area (Å²) in [5, 5.41) is 4.15. The molecule has 2 rings (SSSR count). The van der Waals surface area contributed by atoms with E-state index in [1.54, 1.807) is 6.21 Å². The lowest BCUT2D eigenvalue weighted by Crippen LogP contribution is -1.92. The molecule has 0 spiro atoms. The Morgan fingerprint density at radius 2 is 2.06 bits per heavy atom. The molecular weight excluding hydrogens is 198 g/mol. The van der Waals surface area contributed by atoms with Crippen molar-refractivity contribution in [2.75, 3.05) is 5.43 Å². The highest BCUT2D eigenvalue weighted by Gasteiger charge is 1.94. The van der Waals surface area contributed by atoms with E-state index in [0.29, 0.717) is 0 Å². The van der Waals surface area contributed by atoms with Crippen LogP contribution in [0.25, 0.3) is 0 Å². The lowest BCUT2D eigenvalue weighted by molar-refractivity contribution is 1.28. The molecule has 0 saturated heterocycles. The number of aromatic amines is 1. The SMILES string of the molecule is Cc1ccc(NN=Cc2ccc[nH]2)cc1C. The number of benzene rings is 1. The van der Waals surface area contributed by atoms with Gasteiger partial charge in [0, 0.05) is 6.20 Å². The fraction of sp³-hybridized carbons (Fsp3) is 0.154. The zero-order valence-electron chi connectivity index (χ0n) is 9.49. The number of nitrogens with zero attached hydrogens (tertiary/aromatic N) is 1. The Kier molecular flexibility index (Phi) is 3.05. The molecule has 0 radical (unpaired) electrons. The van der Waals surface area contributed by atoms with Crippen molar-refractivity contribution >= 4 is 11.9 Å². The van der Waals surface area contributed by atoms with Gasteiger partial charge in [-0.1, -0.05) is 6.07 Å². The molecular formula is C13H15N3. The van der Waals surface area contributed by atoms with Gasteiger partial charge in [-0.2, -0.15) is 5.10 Å². The second kappa shape index (κ2) is 4.66. The molecule has 0 aliphatic carbocycles. The summed E-state index contributed by atoms with van der Waals surface area (Å²) < 4.78 is 0. The standard InChI is InChI=1S/C13H15N3/c1-10-5-6-12(8-11(10)2)16-15-9-13-4-3-7-14-13/h3-9,14,16H,1-2H3. The Balaban J connectivity index is 2.02. The molecule has 1 aromatic carbocycles. The van der Waals surface area contributed by atoms with Gasteiger partial charge in [-0.15, -0.1) is 0 Å². The van der Waals surface area contributed by atoms with Gasteiger partial charge in [-0.3, -0.25) is 5.43 Å². The van der Waals surface area contributed by atoms with E-state index in [2.05, 4.69) is 41.5 Å². The second-order valence-electron chi connectivity index (χ2n) is 3.79. The number of aryl methyl sites for hydroxylation is 2. The monoisotopic (exact) mass is 213 g/mol. The second-order valence-corrected chi connectivity index (χ2v) is 3.79. The van der Waals surface area contributed by atoms with Crippen molar-refractivity contribution in [3.05, 3.63) is 53.3 Å². The Bertz CT molecular complexity index is 484. The largest absolute Gasteiger partial charge is 0.360 e. The quantitative estimate of drug-likeness (QED) is 0.597. The van der Waals surface area contributed by atoms with Crippen molar-refractivity contribution in [3.63, 3.8) is 0 Å². The van der Waals surface area contributed by atoms with Gasteiger partial charge in [0.25, 0.3) is 0 Å². The van der Waals surface area contributed by atoms with Crippen molar-refractivity contribution in [2.24, 2.45) is 5.10 Å². The third-order valence-corrected chi connectivity index (χ3v) is 2.53. The maximum atomic E-state index is 4.15. The average molecular weight is 213 g/mol. The molecule has 82 valence electrons. The van der Waals surface area contributed by atoms with Gasteiger partial charge in [-0.25, -0.2) is 0 Å². The summed E-state index contributed by atoms with van der Waals surface area (Å²) in [6.45, 7) is 4.19. The van der Waals surface area contributed by atoms with Crippen LogP contribution in [0.15, 0.2) is 41.6 Å². The van der Waals surface area contributed by atoms with Crippen LogP contribution in [-0.4, -0.2) is 11.2 Å². The zero-order chi connectivity index (χ0) is 11.4. The molecule has 1 heterocycles. The van der Waals surface area contributed by atoms with Gasteiger partial charge in [0.15, 0.2) is 0 Å². The van der Waals surface area contributed by atoms with Gasteiger partial charge in [0.1, 0.15) is 0 Å². The molecule has 2 N–H and O–H groups in total. The fourth-order valence-electron chi connectivity index (χ4n) is 1.41. The van der Waals surface area contributed by atoms with Crippen LogP contribution < -0.4 is 5.43 Å². The first-order valence-electron chi connectivity index (χ1n) is 5.25. The Hall–Kier alpha value is -2.03. The molecule has 1 aromatic heterocycles. The van der Waals surface area contributed by atoms with Gasteiger partial charge in [0.2, 0.25) is 0 Å². The van der Waals surface area contributed by atoms with Gasteiger partial charge in [0.05, 0.1) is 17.6 Å². The number of rotatable bonds is 3. The highest BCUT2D eigenvalue weighted by molar-refractivity contribution is 5.77. The highest BCUT2D eigenvalue weighted by atomic mass is 15.3. The van der Waals surface area contributed by atoms with E-state index in [1.807, 2.05) is 24.4 Å². The van der Waals surface area contributed by atoms with Crippen LogP contribution in [0.2, 0.25) is 0 Å². The molecule has 0 fully saturated rings. The average Bonchev–Trinajstić information content (AvgIpc) is 2.76. The minimum Gasteiger partial charge on any atom is -0.360 e. The first-order valence-corrected chi connectivity index (χ1v) is 5.25. The number of hydrazone groups is 1. The van der Waals surface area contributed by atoms with Crippen molar-refractivity contribution in [3.8, 4) is 0 Å². The van der Waals surface area contributed by atoms with E-state index in [-0.39, 0.29) is 0 Å². The number of aromatic nitrogens is 1. The number of hydrogen-bond donors (Lipinski definition) is 2. The van der Waals surface area contributed by atoms with Crippen LogP contribution in [0.3, 0.4) is 0 Å². The number of H-pyrrole nitrogens is 1. The van der Waals surface area contributed by atoms with Crippen LogP contribution >= 0.6 is 0 Å². The first-order chi connectivity index (χ1) is 7.75. The molecule has 2 aromatic rings. The molecule has 0 saturated carbocycles. The molecule has 16 heavy (non-hydrogen) atoms. The maximum Gasteiger partial charge on any atom is 0.0707 e. The molecule has 0 aliphatic rings. The van der Waals surface area contributed by atoms with Gasteiger partial charge < -0.3 is 4.98 Å². The van der Waals surface area contributed by atoms with E-state index in [9.17, 15) is 0 Å². The Labute approximate surface area is 95.2 Å². The molecule has 0 unspecified atom stereocenters. The van der Waals surface area contributed by atoms with Crippen LogP contribution in [-0.2, 0) is 0 Å². The zero-order valence-corrected chi connectivity index (χ0v) is 9.49. The number of anilines is 1. The molecule has 0 bridgehead atoms. The van der Waals surface area contributed by atoms with Crippen molar-refractivity contribution < 1.29 is 0 Å². The minimum atomic E-state index is 0.983. The molecule has 3 heteroatoms. The van der Waals surface area contributed by atoms with E-state index < -0.39 is 0 Å². The summed E-state index contributed by atoms with van der Waals surface area (Å²) in [6.07, 6.45) is 3.63. The number of hydrogen-bond acceptors (Lipinski definition) is 2. The normalized spacial score (nSPS) is 10.9. The smallest absolute Gasteiger partial charge is 0.0707 e. The van der Waals surface area contributed by atoms with Crippen LogP contribution in [0.1, 0.15) is 16.8 Å². The Morgan fingerprint density at radius 1 is 1.19 bits per heavy atom. The molecule has 0 amide bonds. The summed E-state index contributed by atoms with van der Waals surface area (Å²) >= 11 is 0.